The number of aryl methyl sites for hydroxylation is 1. The molecule has 1 nitrogen and oxygen atoms in total. The second kappa shape index (κ2) is 3.51. The Kier molecular flexibility index (Phi) is 2.45. The number of benzene rings is 1. The van der Waals surface area contributed by atoms with Crippen molar-refractivity contribution in [3.63, 3.8) is 0 Å². The summed E-state index contributed by atoms with van der Waals surface area (Å²) in [4.78, 5) is 11.6. The Bertz CT molecular complexity index is 407. The highest BCUT2D eigenvalue weighted by molar-refractivity contribution is 6.24. The van der Waals surface area contributed by atoms with Gasteiger partial charge in [-0.25, -0.2) is 0 Å². The third kappa shape index (κ3) is 1.73. The molecular formula is C13H17BO. The van der Waals surface area contributed by atoms with Crippen LogP contribution < -0.4 is 0 Å². The molecule has 0 unspecified atom stereocenters. The van der Waals surface area contributed by atoms with E-state index in [-0.39, 0.29) is 5.78 Å². The maximum absolute atomic E-state index is 11.6. The number of carbonyl (C=O) groups excluding carboxylic acids is 1. The minimum absolute atomic E-state index is 0.252. The van der Waals surface area contributed by atoms with Gasteiger partial charge in [-0.1, -0.05) is 26.0 Å². The molecule has 0 N–H and O–H groups in total. The average molecular weight is 200 g/mol. The maximum atomic E-state index is 11.6. The Morgan fingerprint density at radius 2 is 2.20 bits per heavy atom. The number of hydrogen-bond acceptors (Lipinski definition) is 1. The van der Waals surface area contributed by atoms with Crippen molar-refractivity contribution in [1.82, 2.24) is 0 Å². The van der Waals surface area contributed by atoms with Gasteiger partial charge in [0.1, 0.15) is 7.85 Å². The number of rotatable bonds is 2. The first-order valence-electron chi connectivity index (χ1n) is 5.71. The fourth-order valence-corrected chi connectivity index (χ4v) is 2.42. The van der Waals surface area contributed by atoms with Gasteiger partial charge in [-0.2, -0.15) is 0 Å². The topological polar surface area (TPSA) is 17.1 Å². The summed E-state index contributed by atoms with van der Waals surface area (Å²) in [5.74, 6) is 0.252. The monoisotopic (exact) mass is 200 g/mol. The van der Waals surface area contributed by atoms with E-state index < -0.39 is 0 Å². The molecule has 0 aromatic heterocycles. The smallest absolute Gasteiger partial charge is 0.155 e. The highest BCUT2D eigenvalue weighted by Gasteiger charge is 2.29. The van der Waals surface area contributed by atoms with E-state index in [0.29, 0.717) is 11.7 Å². The van der Waals surface area contributed by atoms with Gasteiger partial charge in [0.15, 0.2) is 5.78 Å². The van der Waals surface area contributed by atoms with Gasteiger partial charge in [0.05, 0.1) is 0 Å². The van der Waals surface area contributed by atoms with E-state index in [1.165, 1.54) is 17.5 Å². The van der Waals surface area contributed by atoms with Gasteiger partial charge in [-0.05, 0) is 41.8 Å². The third-order valence-electron chi connectivity index (χ3n) is 3.50. The molecule has 78 valence electrons. The van der Waals surface area contributed by atoms with E-state index in [0.717, 1.165) is 12.0 Å². The number of ketones is 1. The molecule has 15 heavy (non-hydrogen) atoms. The molecule has 0 spiro atoms. The molecule has 0 atom stereocenters. The van der Waals surface area contributed by atoms with Crippen molar-refractivity contribution in [2.24, 2.45) is 0 Å². The van der Waals surface area contributed by atoms with Crippen molar-refractivity contribution in [2.45, 2.75) is 38.4 Å². The zero-order valence-corrected chi connectivity index (χ0v) is 9.76. The summed E-state index contributed by atoms with van der Waals surface area (Å²) in [7, 11) is 1.92. The van der Waals surface area contributed by atoms with Crippen LogP contribution in [-0.2, 0) is 11.8 Å². The Labute approximate surface area is 92.3 Å². The highest BCUT2D eigenvalue weighted by atomic mass is 16.1. The van der Waals surface area contributed by atoms with Crippen LogP contribution in [0.1, 0.15) is 41.8 Å². The number of Topliss-reactive ketones (excluding diaryl/α,β-unsaturated/α-hetero) is 1. The number of carbonyl (C=O) groups is 1. The van der Waals surface area contributed by atoms with E-state index in [2.05, 4.69) is 26.0 Å². The molecule has 1 aromatic rings. The van der Waals surface area contributed by atoms with Crippen molar-refractivity contribution >= 4 is 13.6 Å². The molecule has 0 bridgehead atoms. The van der Waals surface area contributed by atoms with Crippen LogP contribution in [0.25, 0.3) is 0 Å². The largest absolute Gasteiger partial charge is 0.295 e. The van der Waals surface area contributed by atoms with Crippen LogP contribution in [0.4, 0.5) is 0 Å². The van der Waals surface area contributed by atoms with Crippen molar-refractivity contribution in [1.29, 1.82) is 0 Å². The molecule has 0 fully saturated rings. The third-order valence-corrected chi connectivity index (χ3v) is 3.50. The molecule has 0 heterocycles. The fraction of sp³-hybridized carbons (Fsp3) is 0.462. The van der Waals surface area contributed by atoms with Crippen LogP contribution in [0.5, 0.6) is 0 Å². The Balaban J connectivity index is 2.42. The maximum Gasteiger partial charge on any atom is 0.155 e. The lowest BCUT2D eigenvalue weighted by molar-refractivity contribution is 0.101. The summed E-state index contributed by atoms with van der Waals surface area (Å²) in [6.45, 7) is 4.56. The van der Waals surface area contributed by atoms with Gasteiger partial charge in [-0.15, -0.1) is 0 Å². The summed E-state index contributed by atoms with van der Waals surface area (Å²) in [5, 5.41) is 0. The molecule has 2 heteroatoms. The molecule has 1 aliphatic rings. The first-order chi connectivity index (χ1) is 7.04. The number of hydrogen-bond donors (Lipinski definition) is 0. The lowest BCUT2D eigenvalue weighted by Gasteiger charge is -2.18. The number of fused-ring (bicyclic) bond motifs is 1. The van der Waals surface area contributed by atoms with Crippen LogP contribution in [0.3, 0.4) is 0 Å². The van der Waals surface area contributed by atoms with Gasteiger partial charge >= 0.3 is 0 Å². The zero-order chi connectivity index (χ0) is 11.1. The summed E-state index contributed by atoms with van der Waals surface area (Å²) >= 11 is 0. The lowest BCUT2D eigenvalue weighted by atomic mass is 9.85. The summed E-state index contributed by atoms with van der Waals surface area (Å²) in [5.41, 5.74) is 3.98. The quantitative estimate of drug-likeness (QED) is 0.528. The van der Waals surface area contributed by atoms with Gasteiger partial charge in [0.2, 0.25) is 0 Å². The second-order valence-corrected chi connectivity index (χ2v) is 5.03. The van der Waals surface area contributed by atoms with Crippen molar-refractivity contribution < 1.29 is 4.79 Å². The summed E-state index contributed by atoms with van der Waals surface area (Å²) in [6, 6.07) is 6.22. The first-order valence-corrected chi connectivity index (χ1v) is 5.71. The van der Waals surface area contributed by atoms with Gasteiger partial charge in [0, 0.05) is 5.56 Å². The predicted octanol–water partition coefficient (Wildman–Crippen LogP) is 2.14. The van der Waals surface area contributed by atoms with Crippen LogP contribution in [0.15, 0.2) is 18.2 Å². The van der Waals surface area contributed by atoms with Crippen LogP contribution in [-0.4, -0.2) is 13.6 Å². The normalized spacial score (nSPS) is 17.5. The predicted molar refractivity (Wildman–Crippen MR) is 65.5 cm³/mol. The van der Waals surface area contributed by atoms with E-state index in [9.17, 15) is 4.79 Å². The average Bonchev–Trinajstić information content (AvgIpc) is 2.53. The van der Waals surface area contributed by atoms with E-state index >= 15 is 0 Å². The van der Waals surface area contributed by atoms with Crippen molar-refractivity contribution in [2.75, 3.05) is 0 Å². The highest BCUT2D eigenvalue weighted by Crippen LogP contribution is 2.38. The molecule has 0 amide bonds. The van der Waals surface area contributed by atoms with Crippen molar-refractivity contribution in [3.8, 4) is 0 Å². The molecule has 0 radical (unpaired) electrons. The van der Waals surface area contributed by atoms with Crippen LogP contribution in [0.2, 0.25) is 6.32 Å². The van der Waals surface area contributed by atoms with Crippen LogP contribution in [0, 0.1) is 0 Å². The second-order valence-electron chi connectivity index (χ2n) is 5.03. The molecule has 1 aliphatic carbocycles. The Hall–Kier alpha value is -1.05. The standard InChI is InChI=1S/C13H17BO/c1-13(2)6-5-9-7-10(12(15)8-14)3-4-11(9)13/h3-4,7H,5-6,8,14H2,1-2H3. The zero-order valence-electron chi connectivity index (χ0n) is 9.76. The SMILES string of the molecule is BCC(=O)c1ccc2c(c1)CCC2(C)C. The summed E-state index contributed by atoms with van der Waals surface area (Å²) in [6.07, 6.45) is 2.92. The van der Waals surface area contributed by atoms with Gasteiger partial charge in [-0.3, -0.25) is 4.79 Å². The van der Waals surface area contributed by atoms with E-state index in [1.54, 1.807) is 0 Å². The molecule has 1 aromatic carbocycles. The van der Waals surface area contributed by atoms with Gasteiger partial charge < -0.3 is 0 Å². The van der Waals surface area contributed by atoms with Crippen LogP contribution >= 0.6 is 0 Å². The first kappa shape index (κ1) is 10.5. The molecule has 0 saturated heterocycles. The fourth-order valence-electron chi connectivity index (χ4n) is 2.42. The van der Waals surface area contributed by atoms with E-state index in [1.807, 2.05) is 13.9 Å². The van der Waals surface area contributed by atoms with Crippen molar-refractivity contribution in [3.05, 3.63) is 34.9 Å². The molecule has 2 rings (SSSR count). The Morgan fingerprint density at radius 3 is 2.87 bits per heavy atom. The minimum atomic E-state index is 0.252. The van der Waals surface area contributed by atoms with E-state index in [4.69, 9.17) is 0 Å². The van der Waals surface area contributed by atoms with Gasteiger partial charge in [0.25, 0.3) is 0 Å². The molecular weight excluding hydrogens is 183 g/mol. The minimum Gasteiger partial charge on any atom is -0.295 e. The lowest BCUT2D eigenvalue weighted by Crippen LogP contribution is -2.11. The molecule has 0 saturated carbocycles. The Morgan fingerprint density at radius 1 is 1.47 bits per heavy atom. The molecule has 0 aliphatic heterocycles. The summed E-state index contributed by atoms with van der Waals surface area (Å²) < 4.78 is 0.